The van der Waals surface area contributed by atoms with E-state index in [1.165, 1.54) is 0 Å². The predicted molar refractivity (Wildman–Crippen MR) is 100 cm³/mol. The van der Waals surface area contributed by atoms with Crippen molar-refractivity contribution in [1.29, 1.82) is 0 Å². The molecule has 1 unspecified atom stereocenters. The average Bonchev–Trinajstić information content (AvgIpc) is 2.98. The van der Waals surface area contributed by atoms with E-state index in [0.29, 0.717) is 44.1 Å². The van der Waals surface area contributed by atoms with E-state index in [2.05, 4.69) is 10.1 Å². The van der Waals surface area contributed by atoms with Crippen LogP contribution in [-0.4, -0.2) is 64.2 Å². The number of likely N-dealkylation sites (tertiary alicyclic amines) is 1. The Morgan fingerprint density at radius 2 is 2.11 bits per heavy atom. The van der Waals surface area contributed by atoms with Crippen LogP contribution in [0.4, 0.5) is 4.79 Å². The second-order valence-electron chi connectivity index (χ2n) is 8.30. The standard InChI is InChI=1S/C19H32N4O4/c1-14-20-16(27-21-14)9-6-10-17(24)23-11-7-8-15(13-23)12-22(5)18(25)26-19(2,3)4/h15H,6-13H2,1-5H3. The largest absolute Gasteiger partial charge is 0.444 e. The lowest BCUT2D eigenvalue weighted by molar-refractivity contribution is -0.133. The summed E-state index contributed by atoms with van der Waals surface area (Å²) < 4.78 is 10.5. The Kier molecular flexibility index (Phi) is 7.21. The highest BCUT2D eigenvalue weighted by atomic mass is 16.6. The Labute approximate surface area is 161 Å². The van der Waals surface area contributed by atoms with Crippen molar-refractivity contribution >= 4 is 12.0 Å². The van der Waals surface area contributed by atoms with Gasteiger partial charge >= 0.3 is 6.09 Å². The van der Waals surface area contributed by atoms with E-state index < -0.39 is 5.60 Å². The molecule has 1 aromatic heterocycles. The van der Waals surface area contributed by atoms with Crippen molar-refractivity contribution in [3.63, 3.8) is 0 Å². The lowest BCUT2D eigenvalue weighted by atomic mass is 9.97. The molecule has 0 saturated carbocycles. The zero-order chi connectivity index (χ0) is 20.0. The van der Waals surface area contributed by atoms with Crippen molar-refractivity contribution in [3.05, 3.63) is 11.7 Å². The summed E-state index contributed by atoms with van der Waals surface area (Å²) in [6.45, 7) is 9.41. The number of piperidine rings is 1. The van der Waals surface area contributed by atoms with Crippen molar-refractivity contribution in [2.24, 2.45) is 5.92 Å². The van der Waals surface area contributed by atoms with Gasteiger partial charge in [0.2, 0.25) is 11.8 Å². The number of hydrogen-bond donors (Lipinski definition) is 0. The molecule has 2 amide bonds. The van der Waals surface area contributed by atoms with Crippen molar-refractivity contribution in [1.82, 2.24) is 19.9 Å². The van der Waals surface area contributed by atoms with Crippen LogP contribution in [0, 0.1) is 12.8 Å². The number of carbonyl (C=O) groups excluding carboxylic acids is 2. The van der Waals surface area contributed by atoms with E-state index in [-0.39, 0.29) is 17.9 Å². The molecule has 1 aliphatic heterocycles. The summed E-state index contributed by atoms with van der Waals surface area (Å²) in [5.74, 6) is 1.62. The van der Waals surface area contributed by atoms with Crippen molar-refractivity contribution in [2.75, 3.05) is 26.7 Å². The van der Waals surface area contributed by atoms with Gasteiger partial charge in [0.25, 0.3) is 0 Å². The fraction of sp³-hybridized carbons (Fsp3) is 0.789. The molecule has 1 fully saturated rings. The van der Waals surface area contributed by atoms with Crippen LogP contribution < -0.4 is 0 Å². The van der Waals surface area contributed by atoms with Gasteiger partial charge in [-0.05, 0) is 52.9 Å². The second-order valence-corrected chi connectivity index (χ2v) is 8.30. The van der Waals surface area contributed by atoms with Gasteiger partial charge < -0.3 is 19.1 Å². The Bertz CT molecular complexity index is 638. The first-order valence-corrected chi connectivity index (χ1v) is 9.65. The van der Waals surface area contributed by atoms with Crippen LogP contribution in [0.5, 0.6) is 0 Å². The van der Waals surface area contributed by atoms with Gasteiger partial charge in [-0.2, -0.15) is 4.98 Å². The van der Waals surface area contributed by atoms with Gasteiger partial charge in [0.1, 0.15) is 5.60 Å². The summed E-state index contributed by atoms with van der Waals surface area (Å²) in [4.78, 5) is 32.3. The molecule has 1 saturated heterocycles. The van der Waals surface area contributed by atoms with E-state index in [0.717, 1.165) is 19.4 Å². The Hall–Kier alpha value is -2.12. The first-order valence-electron chi connectivity index (χ1n) is 9.65. The summed E-state index contributed by atoms with van der Waals surface area (Å²) in [6, 6.07) is 0. The van der Waals surface area contributed by atoms with Gasteiger partial charge in [0.15, 0.2) is 5.82 Å². The number of aromatic nitrogens is 2. The van der Waals surface area contributed by atoms with E-state index in [1.54, 1.807) is 18.9 Å². The predicted octanol–water partition coefficient (Wildman–Crippen LogP) is 2.81. The third-order valence-corrected chi connectivity index (χ3v) is 4.46. The zero-order valence-corrected chi connectivity index (χ0v) is 17.2. The van der Waals surface area contributed by atoms with Gasteiger partial charge in [0.05, 0.1) is 0 Å². The maximum Gasteiger partial charge on any atom is 0.410 e. The molecule has 8 heteroatoms. The normalized spacial score (nSPS) is 17.7. The average molecular weight is 380 g/mol. The number of hydrogen-bond acceptors (Lipinski definition) is 6. The Morgan fingerprint density at radius 1 is 1.37 bits per heavy atom. The van der Waals surface area contributed by atoms with Crippen molar-refractivity contribution < 1.29 is 18.8 Å². The second kappa shape index (κ2) is 9.19. The molecule has 1 atom stereocenters. The van der Waals surface area contributed by atoms with Crippen LogP contribution in [0.15, 0.2) is 4.52 Å². The monoisotopic (exact) mass is 380 g/mol. The molecule has 2 rings (SSSR count). The zero-order valence-electron chi connectivity index (χ0n) is 17.2. The highest BCUT2D eigenvalue weighted by Gasteiger charge is 2.27. The number of amides is 2. The molecule has 0 N–H and O–H groups in total. The number of nitrogens with zero attached hydrogens (tertiary/aromatic N) is 4. The van der Waals surface area contributed by atoms with Gasteiger partial charge in [-0.3, -0.25) is 4.79 Å². The Morgan fingerprint density at radius 3 is 2.74 bits per heavy atom. The smallest absolute Gasteiger partial charge is 0.410 e. The minimum Gasteiger partial charge on any atom is -0.444 e. The van der Waals surface area contributed by atoms with Crippen molar-refractivity contribution in [3.8, 4) is 0 Å². The van der Waals surface area contributed by atoms with Crippen LogP contribution >= 0.6 is 0 Å². The molecular formula is C19H32N4O4. The minimum absolute atomic E-state index is 0.149. The lowest BCUT2D eigenvalue weighted by Gasteiger charge is -2.35. The molecule has 0 spiro atoms. The van der Waals surface area contributed by atoms with E-state index in [9.17, 15) is 9.59 Å². The van der Waals surface area contributed by atoms with Gasteiger partial charge in [-0.15, -0.1) is 0 Å². The van der Waals surface area contributed by atoms with Crippen LogP contribution in [0.1, 0.15) is 58.2 Å². The highest BCUT2D eigenvalue weighted by Crippen LogP contribution is 2.20. The minimum atomic E-state index is -0.503. The SMILES string of the molecule is Cc1noc(CCCC(=O)N2CCCC(CN(C)C(=O)OC(C)(C)C)C2)n1. The number of rotatable bonds is 6. The van der Waals surface area contributed by atoms with Crippen LogP contribution in [0.25, 0.3) is 0 Å². The summed E-state index contributed by atoms with van der Waals surface area (Å²) in [5.41, 5.74) is -0.503. The number of aryl methyl sites for hydroxylation is 2. The third-order valence-electron chi connectivity index (χ3n) is 4.46. The topological polar surface area (TPSA) is 88.8 Å². The number of ether oxygens (including phenoxy) is 1. The summed E-state index contributed by atoms with van der Waals surface area (Å²) in [5, 5.41) is 3.75. The number of carbonyl (C=O) groups is 2. The van der Waals surface area contributed by atoms with Crippen LogP contribution in [0.2, 0.25) is 0 Å². The van der Waals surface area contributed by atoms with Crippen LogP contribution in [0.3, 0.4) is 0 Å². The van der Waals surface area contributed by atoms with Gasteiger partial charge in [-0.25, -0.2) is 4.79 Å². The summed E-state index contributed by atoms with van der Waals surface area (Å²) in [7, 11) is 1.75. The molecule has 0 bridgehead atoms. The van der Waals surface area contributed by atoms with Crippen molar-refractivity contribution in [2.45, 2.75) is 65.4 Å². The fourth-order valence-corrected chi connectivity index (χ4v) is 3.23. The molecule has 0 aliphatic carbocycles. The maximum atomic E-state index is 12.5. The van der Waals surface area contributed by atoms with Gasteiger partial charge in [0, 0.05) is 39.5 Å². The summed E-state index contributed by atoms with van der Waals surface area (Å²) >= 11 is 0. The highest BCUT2D eigenvalue weighted by molar-refractivity contribution is 5.76. The van der Waals surface area contributed by atoms with E-state index >= 15 is 0 Å². The van der Waals surface area contributed by atoms with E-state index in [4.69, 9.17) is 9.26 Å². The molecular weight excluding hydrogens is 348 g/mol. The first-order chi connectivity index (χ1) is 12.6. The molecule has 27 heavy (non-hydrogen) atoms. The molecule has 1 aliphatic rings. The fourth-order valence-electron chi connectivity index (χ4n) is 3.23. The van der Waals surface area contributed by atoms with E-state index in [1.807, 2.05) is 25.7 Å². The molecule has 8 nitrogen and oxygen atoms in total. The quantitative estimate of drug-likeness (QED) is 0.754. The molecule has 2 heterocycles. The summed E-state index contributed by atoms with van der Waals surface area (Å²) in [6.07, 6.45) is 3.43. The molecule has 152 valence electrons. The maximum absolute atomic E-state index is 12.5. The Balaban J connectivity index is 1.75. The van der Waals surface area contributed by atoms with Crippen LogP contribution in [-0.2, 0) is 16.0 Å². The molecule has 0 radical (unpaired) electrons. The molecule has 1 aromatic rings. The first kappa shape index (κ1) is 21.2. The molecule has 0 aromatic carbocycles. The van der Waals surface area contributed by atoms with Gasteiger partial charge in [-0.1, -0.05) is 5.16 Å². The lowest BCUT2D eigenvalue weighted by Crippen LogP contribution is -2.45. The third kappa shape index (κ3) is 7.19.